The summed E-state index contributed by atoms with van der Waals surface area (Å²) in [7, 11) is 0. The lowest BCUT2D eigenvalue weighted by Gasteiger charge is -2.26. The number of hydrogen-bond donors (Lipinski definition) is 2. The van der Waals surface area contributed by atoms with Gasteiger partial charge in [0.05, 0.1) is 33.0 Å². The lowest BCUT2D eigenvalue weighted by molar-refractivity contribution is 0.0306. The number of rotatable bonds is 6. The van der Waals surface area contributed by atoms with Gasteiger partial charge in [-0.3, -0.25) is 9.80 Å². The van der Waals surface area contributed by atoms with E-state index in [1.54, 1.807) is 18.2 Å². The van der Waals surface area contributed by atoms with Crippen LogP contribution in [-0.4, -0.2) is 98.9 Å². The van der Waals surface area contributed by atoms with Crippen LogP contribution >= 0.6 is 31.9 Å². The molecule has 2 aliphatic heterocycles. The summed E-state index contributed by atoms with van der Waals surface area (Å²) in [5.74, 6) is 1.21. The molecule has 0 atom stereocenters. The smallest absolute Gasteiger partial charge is 0.120 e. The van der Waals surface area contributed by atoms with E-state index in [9.17, 15) is 0 Å². The minimum atomic E-state index is 0.264. The summed E-state index contributed by atoms with van der Waals surface area (Å²) in [5, 5.41) is 17.3. The van der Waals surface area contributed by atoms with Crippen molar-refractivity contribution in [3.63, 3.8) is 0 Å². The first-order valence-electron chi connectivity index (χ1n) is 11.1. The van der Waals surface area contributed by atoms with Gasteiger partial charge in [0, 0.05) is 48.2 Å². The van der Waals surface area contributed by atoms with Crippen LogP contribution in [-0.2, 0) is 9.47 Å². The second-order valence-electron chi connectivity index (χ2n) is 7.42. The maximum Gasteiger partial charge on any atom is 0.120 e. The van der Waals surface area contributed by atoms with E-state index in [1.807, 2.05) is 30.3 Å². The van der Waals surface area contributed by atoms with Gasteiger partial charge in [0.2, 0.25) is 0 Å². The first-order chi connectivity index (χ1) is 16.1. The van der Waals surface area contributed by atoms with E-state index in [2.05, 4.69) is 41.7 Å². The minimum absolute atomic E-state index is 0.264. The summed E-state index contributed by atoms with van der Waals surface area (Å²) in [6.45, 7) is 10.1. The van der Waals surface area contributed by atoms with Crippen LogP contribution in [0.15, 0.2) is 57.5 Å². The number of phenolic OH excluding ortho intramolecular Hbond substituents is 1. The molecule has 9 heteroatoms. The summed E-state index contributed by atoms with van der Waals surface area (Å²) >= 11 is 6.63. The highest BCUT2D eigenvalue weighted by atomic mass is 79.9. The number of β-amino-alcohol motifs (C(OH)–C–C–N with tert-alkyl or cyclic N) is 1. The number of morpholine rings is 2. The lowest BCUT2D eigenvalue weighted by atomic mass is 10.3. The first-order valence-corrected chi connectivity index (χ1v) is 12.7. The summed E-state index contributed by atoms with van der Waals surface area (Å²) in [5.41, 5.74) is 0. The number of halogens is 2. The molecule has 0 spiro atoms. The summed E-state index contributed by atoms with van der Waals surface area (Å²) in [6.07, 6.45) is 0. The van der Waals surface area contributed by atoms with Gasteiger partial charge in [0.15, 0.2) is 0 Å². The van der Waals surface area contributed by atoms with Crippen LogP contribution in [0.4, 0.5) is 0 Å². The monoisotopic (exact) mass is 588 g/mol. The van der Waals surface area contributed by atoms with Crippen molar-refractivity contribution < 1.29 is 24.4 Å². The molecule has 2 aliphatic rings. The van der Waals surface area contributed by atoms with Gasteiger partial charge in [-0.15, -0.1) is 0 Å². The van der Waals surface area contributed by atoms with Gasteiger partial charge in [-0.05, 0) is 36.4 Å². The Kier molecular flexibility index (Phi) is 14.7. The van der Waals surface area contributed by atoms with Crippen molar-refractivity contribution in [2.24, 2.45) is 0 Å². The molecule has 0 radical (unpaired) electrons. The van der Waals surface area contributed by atoms with Crippen LogP contribution in [0.3, 0.4) is 0 Å². The second-order valence-corrected chi connectivity index (χ2v) is 9.25. The molecule has 0 saturated carbocycles. The molecule has 0 bridgehead atoms. The summed E-state index contributed by atoms with van der Waals surface area (Å²) in [6, 6.07) is 14.8. The minimum Gasteiger partial charge on any atom is -0.508 e. The standard InChI is InChI=1S/C12H16BrNO2.C6H5BrO.C6H13NO2/c13-11-2-1-3-12(10-11)16-9-6-14-4-7-15-8-5-14;7-5-2-1-3-6(8)4-5;8-4-1-7-2-5-9-6-3-7/h1-3,10H,4-9H2;1-4,8H;8H,1-6H2. The largest absolute Gasteiger partial charge is 0.508 e. The van der Waals surface area contributed by atoms with Crippen LogP contribution in [0.2, 0.25) is 0 Å². The Morgan fingerprint density at radius 2 is 1.33 bits per heavy atom. The third-order valence-corrected chi connectivity index (χ3v) is 5.89. The van der Waals surface area contributed by atoms with E-state index in [-0.39, 0.29) is 6.61 Å². The third kappa shape index (κ3) is 13.3. The molecule has 2 fully saturated rings. The molecular formula is C24H34Br2N2O5. The van der Waals surface area contributed by atoms with Crippen molar-refractivity contribution >= 4 is 31.9 Å². The maximum atomic E-state index is 8.78. The molecule has 2 aromatic rings. The van der Waals surface area contributed by atoms with Crippen LogP contribution in [0.25, 0.3) is 0 Å². The zero-order valence-electron chi connectivity index (χ0n) is 18.9. The van der Waals surface area contributed by atoms with Gasteiger partial charge in [0.25, 0.3) is 0 Å². The first kappa shape index (κ1) is 28.0. The van der Waals surface area contributed by atoms with Crippen molar-refractivity contribution in [2.45, 2.75) is 0 Å². The molecular weight excluding hydrogens is 556 g/mol. The number of aliphatic hydroxyl groups is 1. The van der Waals surface area contributed by atoms with Gasteiger partial charge in [-0.25, -0.2) is 0 Å². The van der Waals surface area contributed by atoms with Gasteiger partial charge in [-0.2, -0.15) is 0 Å². The molecule has 2 N–H and O–H groups in total. The number of nitrogens with zero attached hydrogens (tertiary/aromatic N) is 2. The zero-order chi connectivity index (χ0) is 23.7. The Morgan fingerprint density at radius 1 is 0.788 bits per heavy atom. The molecule has 2 saturated heterocycles. The number of benzene rings is 2. The van der Waals surface area contributed by atoms with Gasteiger partial charge < -0.3 is 24.4 Å². The van der Waals surface area contributed by atoms with Crippen LogP contribution in [0.5, 0.6) is 11.5 Å². The van der Waals surface area contributed by atoms with Gasteiger partial charge >= 0.3 is 0 Å². The number of phenols is 1. The predicted octanol–water partition coefficient (Wildman–Crippen LogP) is 3.63. The highest BCUT2D eigenvalue weighted by molar-refractivity contribution is 9.10. The quantitative estimate of drug-likeness (QED) is 0.533. The van der Waals surface area contributed by atoms with E-state index in [4.69, 9.17) is 24.4 Å². The molecule has 0 aliphatic carbocycles. The zero-order valence-corrected chi connectivity index (χ0v) is 22.0. The van der Waals surface area contributed by atoms with E-state index < -0.39 is 0 Å². The predicted molar refractivity (Wildman–Crippen MR) is 137 cm³/mol. The summed E-state index contributed by atoms with van der Waals surface area (Å²) < 4.78 is 18.0. The molecule has 7 nitrogen and oxygen atoms in total. The topological polar surface area (TPSA) is 74.6 Å². The van der Waals surface area contributed by atoms with E-state index in [0.717, 1.165) is 87.0 Å². The SMILES string of the molecule is Brc1cccc(OCCN2CCOCC2)c1.OCCN1CCOCC1.Oc1cccc(Br)c1. The summed E-state index contributed by atoms with van der Waals surface area (Å²) in [4.78, 5) is 4.56. The Labute approximate surface area is 213 Å². The van der Waals surface area contributed by atoms with Gasteiger partial charge in [0.1, 0.15) is 18.1 Å². The maximum absolute atomic E-state index is 8.78. The van der Waals surface area contributed by atoms with Crippen LogP contribution < -0.4 is 4.74 Å². The number of ether oxygens (including phenoxy) is 3. The molecule has 33 heavy (non-hydrogen) atoms. The third-order valence-electron chi connectivity index (χ3n) is 4.90. The highest BCUT2D eigenvalue weighted by Crippen LogP contribution is 2.17. The fourth-order valence-corrected chi connectivity index (χ4v) is 3.88. The molecule has 184 valence electrons. The normalized spacial score (nSPS) is 16.7. The Hall–Kier alpha value is -1.20. The lowest BCUT2D eigenvalue weighted by Crippen LogP contribution is -2.38. The average Bonchev–Trinajstić information content (AvgIpc) is 2.82. The number of hydrogen-bond acceptors (Lipinski definition) is 7. The molecule has 0 unspecified atom stereocenters. The van der Waals surface area contributed by atoms with E-state index in [0.29, 0.717) is 5.75 Å². The Balaban J connectivity index is 0.000000192. The number of aliphatic hydroxyl groups excluding tert-OH is 1. The molecule has 0 aromatic heterocycles. The van der Waals surface area contributed by atoms with E-state index >= 15 is 0 Å². The van der Waals surface area contributed by atoms with Crippen molar-refractivity contribution in [1.29, 1.82) is 0 Å². The van der Waals surface area contributed by atoms with Crippen LogP contribution in [0.1, 0.15) is 0 Å². The molecule has 0 amide bonds. The fraction of sp³-hybridized carbons (Fsp3) is 0.500. The van der Waals surface area contributed by atoms with Crippen molar-refractivity contribution in [1.82, 2.24) is 9.80 Å². The Bertz CT molecular complexity index is 752. The van der Waals surface area contributed by atoms with E-state index in [1.165, 1.54) is 0 Å². The Morgan fingerprint density at radius 3 is 1.82 bits per heavy atom. The fourth-order valence-electron chi connectivity index (χ4n) is 3.12. The van der Waals surface area contributed by atoms with Crippen molar-refractivity contribution in [2.75, 3.05) is 78.9 Å². The molecule has 2 heterocycles. The average molecular weight is 590 g/mol. The highest BCUT2D eigenvalue weighted by Gasteiger charge is 2.09. The second kappa shape index (κ2) is 17.3. The van der Waals surface area contributed by atoms with Crippen molar-refractivity contribution in [3.8, 4) is 11.5 Å². The van der Waals surface area contributed by atoms with Crippen molar-refractivity contribution in [3.05, 3.63) is 57.5 Å². The number of aromatic hydroxyl groups is 1. The molecule has 2 aromatic carbocycles. The van der Waals surface area contributed by atoms with Gasteiger partial charge in [-0.1, -0.05) is 44.0 Å². The molecule has 4 rings (SSSR count). The van der Waals surface area contributed by atoms with Crippen LogP contribution in [0, 0.1) is 0 Å².